The molecule has 2 amide bonds. The topological polar surface area (TPSA) is 59.6 Å². The van der Waals surface area contributed by atoms with E-state index in [9.17, 15) is 18.0 Å². The molecule has 1 aromatic carbocycles. The lowest BCUT2D eigenvalue weighted by molar-refractivity contribution is -0.153. The second-order valence-electron chi connectivity index (χ2n) is 8.13. The molecule has 154 valence electrons. The van der Waals surface area contributed by atoms with Crippen LogP contribution in [0, 0.1) is 23.7 Å². The van der Waals surface area contributed by atoms with Gasteiger partial charge in [0.2, 0.25) is 0 Å². The summed E-state index contributed by atoms with van der Waals surface area (Å²) in [5.74, 6) is 2.99. The van der Waals surface area contributed by atoms with Crippen molar-refractivity contribution in [3.05, 3.63) is 18.2 Å². The number of nitrogens with one attached hydrogen (secondary N) is 2. The smallest absolute Gasteiger partial charge is 0.422 e. The fourth-order valence-electron chi connectivity index (χ4n) is 5.60. The van der Waals surface area contributed by atoms with Crippen LogP contribution in [0.3, 0.4) is 0 Å². The molecular weight excluding hydrogens is 373 g/mol. The number of carbonyl (C=O) groups excluding carboxylic acids is 1. The zero-order valence-electron chi connectivity index (χ0n) is 15.7. The highest BCUT2D eigenvalue weighted by Crippen LogP contribution is 2.58. The molecule has 2 bridgehead atoms. The first kappa shape index (κ1) is 19.2. The second kappa shape index (κ2) is 7.37. The van der Waals surface area contributed by atoms with E-state index in [-0.39, 0.29) is 23.6 Å². The molecule has 1 aromatic rings. The summed E-state index contributed by atoms with van der Waals surface area (Å²) in [7, 11) is 1.35. The highest BCUT2D eigenvalue weighted by Gasteiger charge is 2.54. The van der Waals surface area contributed by atoms with E-state index in [1.165, 1.54) is 44.9 Å². The van der Waals surface area contributed by atoms with Crippen LogP contribution in [0.4, 0.5) is 23.7 Å². The van der Waals surface area contributed by atoms with E-state index in [1.807, 2.05) is 0 Å². The summed E-state index contributed by atoms with van der Waals surface area (Å²) < 4.78 is 47.2. The number of ether oxygens (including phenoxy) is 2. The molecule has 3 aliphatic rings. The van der Waals surface area contributed by atoms with Crippen LogP contribution in [-0.4, -0.2) is 32.0 Å². The van der Waals surface area contributed by atoms with E-state index in [0.717, 1.165) is 24.2 Å². The third kappa shape index (κ3) is 3.86. The average molecular weight is 398 g/mol. The number of carbonyl (C=O) groups is 1. The molecule has 5 atom stereocenters. The number of methoxy groups -OCH3 is 1. The van der Waals surface area contributed by atoms with Gasteiger partial charge in [-0.2, -0.15) is 13.2 Å². The van der Waals surface area contributed by atoms with E-state index in [2.05, 4.69) is 10.6 Å². The molecule has 28 heavy (non-hydrogen) atoms. The number of halogens is 3. The zero-order valence-corrected chi connectivity index (χ0v) is 15.7. The molecule has 3 aliphatic carbocycles. The Morgan fingerprint density at radius 3 is 2.68 bits per heavy atom. The fraction of sp³-hybridized carbons (Fsp3) is 0.650. The molecule has 3 fully saturated rings. The van der Waals surface area contributed by atoms with Crippen LogP contribution >= 0.6 is 0 Å². The van der Waals surface area contributed by atoms with Gasteiger partial charge in [-0.05, 0) is 61.5 Å². The summed E-state index contributed by atoms with van der Waals surface area (Å²) in [6.45, 7) is -1.42. The van der Waals surface area contributed by atoms with Gasteiger partial charge in [0.25, 0.3) is 0 Å². The van der Waals surface area contributed by atoms with Crippen LogP contribution in [0.5, 0.6) is 11.5 Å². The van der Waals surface area contributed by atoms with Crippen molar-refractivity contribution in [2.24, 2.45) is 23.7 Å². The predicted molar refractivity (Wildman–Crippen MR) is 97.5 cm³/mol. The number of hydrogen-bond acceptors (Lipinski definition) is 3. The SMILES string of the molecule is COc1ccc(NC(=O)NC2CC3CC2C2CCCC32)cc1OCC(F)(F)F. The minimum Gasteiger partial charge on any atom is -0.493 e. The number of rotatable bonds is 5. The van der Waals surface area contributed by atoms with Gasteiger partial charge in [-0.3, -0.25) is 0 Å². The molecule has 4 rings (SSSR count). The predicted octanol–water partition coefficient (Wildman–Crippen LogP) is 4.58. The van der Waals surface area contributed by atoms with E-state index >= 15 is 0 Å². The highest BCUT2D eigenvalue weighted by molar-refractivity contribution is 5.90. The van der Waals surface area contributed by atoms with Crippen molar-refractivity contribution in [3.8, 4) is 11.5 Å². The van der Waals surface area contributed by atoms with E-state index in [4.69, 9.17) is 9.47 Å². The van der Waals surface area contributed by atoms with Crippen LogP contribution in [0.25, 0.3) is 0 Å². The minimum atomic E-state index is -4.45. The van der Waals surface area contributed by atoms with Crippen molar-refractivity contribution in [1.82, 2.24) is 5.32 Å². The van der Waals surface area contributed by atoms with Crippen LogP contribution in [0.15, 0.2) is 18.2 Å². The van der Waals surface area contributed by atoms with Crippen LogP contribution < -0.4 is 20.1 Å². The van der Waals surface area contributed by atoms with Gasteiger partial charge in [-0.25, -0.2) is 4.79 Å². The van der Waals surface area contributed by atoms with Crippen molar-refractivity contribution < 1.29 is 27.4 Å². The van der Waals surface area contributed by atoms with Gasteiger partial charge in [0.1, 0.15) is 0 Å². The maximum absolute atomic E-state index is 12.4. The lowest BCUT2D eigenvalue weighted by Crippen LogP contribution is -2.44. The molecule has 0 saturated heterocycles. The lowest BCUT2D eigenvalue weighted by atomic mass is 9.79. The maximum Gasteiger partial charge on any atom is 0.422 e. The molecule has 5 unspecified atom stereocenters. The Bertz CT molecular complexity index is 740. The molecule has 0 heterocycles. The Labute approximate surface area is 162 Å². The van der Waals surface area contributed by atoms with Crippen LogP contribution in [0.1, 0.15) is 32.1 Å². The van der Waals surface area contributed by atoms with Gasteiger partial charge >= 0.3 is 12.2 Å². The minimum absolute atomic E-state index is 0.0636. The van der Waals surface area contributed by atoms with Gasteiger partial charge in [0.15, 0.2) is 18.1 Å². The largest absolute Gasteiger partial charge is 0.493 e. The highest BCUT2D eigenvalue weighted by atomic mass is 19.4. The summed E-state index contributed by atoms with van der Waals surface area (Å²) in [6, 6.07) is 4.25. The Balaban J connectivity index is 1.36. The van der Waals surface area contributed by atoms with Gasteiger partial charge in [-0.1, -0.05) is 6.42 Å². The summed E-state index contributed by atoms with van der Waals surface area (Å²) >= 11 is 0. The first-order chi connectivity index (χ1) is 13.3. The van der Waals surface area contributed by atoms with Gasteiger partial charge < -0.3 is 20.1 Å². The number of alkyl halides is 3. The quantitative estimate of drug-likeness (QED) is 0.763. The van der Waals surface area contributed by atoms with Gasteiger partial charge in [-0.15, -0.1) is 0 Å². The van der Waals surface area contributed by atoms with Crippen LogP contribution in [-0.2, 0) is 0 Å². The zero-order chi connectivity index (χ0) is 19.9. The average Bonchev–Trinajstić information content (AvgIpc) is 3.32. The number of hydrogen-bond donors (Lipinski definition) is 2. The van der Waals surface area contributed by atoms with E-state index in [1.54, 1.807) is 6.07 Å². The normalized spacial score (nSPS) is 30.8. The molecule has 3 saturated carbocycles. The molecule has 0 aromatic heterocycles. The maximum atomic E-state index is 12.4. The van der Waals surface area contributed by atoms with Crippen molar-refractivity contribution in [3.63, 3.8) is 0 Å². The third-order valence-corrected chi connectivity index (χ3v) is 6.56. The second-order valence-corrected chi connectivity index (χ2v) is 8.13. The molecule has 0 radical (unpaired) electrons. The summed E-state index contributed by atoms with van der Waals surface area (Å²) in [5, 5.41) is 5.78. The van der Waals surface area contributed by atoms with E-state index < -0.39 is 12.8 Å². The van der Waals surface area contributed by atoms with Gasteiger partial charge in [0, 0.05) is 17.8 Å². The van der Waals surface area contributed by atoms with Crippen molar-refractivity contribution in [2.75, 3.05) is 19.0 Å². The number of amides is 2. The Morgan fingerprint density at radius 1 is 1.14 bits per heavy atom. The summed E-state index contributed by atoms with van der Waals surface area (Å²) in [5.41, 5.74) is 0.359. The standard InChI is InChI=1S/C20H25F3N2O3/c1-27-17-6-5-12(9-18(17)28-10-20(21,22)23)24-19(26)25-16-8-11-7-15(16)14-4-2-3-13(11)14/h5-6,9,11,13-16H,2-4,7-8,10H2,1H3,(H2,24,25,26). The molecule has 8 heteroatoms. The fourth-order valence-corrected chi connectivity index (χ4v) is 5.60. The number of fused-ring (bicyclic) bond motifs is 5. The Kier molecular flexibility index (Phi) is 5.05. The molecule has 0 aliphatic heterocycles. The Hall–Kier alpha value is -2.12. The molecule has 5 nitrogen and oxygen atoms in total. The third-order valence-electron chi connectivity index (χ3n) is 6.56. The number of benzene rings is 1. The van der Waals surface area contributed by atoms with Crippen LogP contribution in [0.2, 0.25) is 0 Å². The first-order valence-corrected chi connectivity index (χ1v) is 9.79. The monoisotopic (exact) mass is 398 g/mol. The molecular formula is C20H25F3N2O3. The van der Waals surface area contributed by atoms with Crippen molar-refractivity contribution in [1.29, 1.82) is 0 Å². The summed E-state index contributed by atoms with van der Waals surface area (Å²) in [6.07, 6.45) is 1.68. The van der Waals surface area contributed by atoms with Crippen molar-refractivity contribution in [2.45, 2.75) is 44.3 Å². The summed E-state index contributed by atoms with van der Waals surface area (Å²) in [4.78, 5) is 12.4. The van der Waals surface area contributed by atoms with Gasteiger partial charge in [0.05, 0.1) is 7.11 Å². The first-order valence-electron chi connectivity index (χ1n) is 9.79. The number of anilines is 1. The number of urea groups is 1. The van der Waals surface area contributed by atoms with E-state index in [0.29, 0.717) is 11.6 Å². The molecule has 0 spiro atoms. The Morgan fingerprint density at radius 2 is 1.93 bits per heavy atom. The molecule has 2 N–H and O–H groups in total. The lowest BCUT2D eigenvalue weighted by Gasteiger charge is -2.32. The van der Waals surface area contributed by atoms with Crippen molar-refractivity contribution >= 4 is 11.7 Å².